The lowest BCUT2D eigenvalue weighted by Crippen LogP contribution is -2.30. The third-order valence-corrected chi connectivity index (χ3v) is 8.34. The number of carbonyl (C=O) groups excluding carboxylic acids is 2. The van der Waals surface area contributed by atoms with Gasteiger partial charge in [-0.15, -0.1) is 0 Å². The summed E-state index contributed by atoms with van der Waals surface area (Å²) in [7, 11) is 0. The van der Waals surface area contributed by atoms with Crippen LogP contribution in [-0.2, 0) is 19.1 Å². The van der Waals surface area contributed by atoms with Gasteiger partial charge in [-0.3, -0.25) is 9.59 Å². The molecule has 0 saturated heterocycles. The Kier molecular flexibility index (Phi) is 16.6. The van der Waals surface area contributed by atoms with Gasteiger partial charge in [0.25, 0.3) is 0 Å². The van der Waals surface area contributed by atoms with Gasteiger partial charge in [0.2, 0.25) is 0 Å². The highest BCUT2D eigenvalue weighted by Gasteiger charge is 2.32. The van der Waals surface area contributed by atoms with Crippen molar-refractivity contribution in [1.82, 2.24) is 0 Å². The summed E-state index contributed by atoms with van der Waals surface area (Å²) in [4.78, 5) is 25.2. The fraction of sp³-hybridized carbons (Fsp3) is 0.933. The maximum atomic E-state index is 12.6. The van der Waals surface area contributed by atoms with Crippen LogP contribution >= 0.6 is 0 Å². The van der Waals surface area contributed by atoms with Crippen molar-refractivity contribution in [3.63, 3.8) is 0 Å². The van der Waals surface area contributed by atoms with Gasteiger partial charge in [-0.2, -0.15) is 0 Å². The fourth-order valence-electron chi connectivity index (χ4n) is 4.91. The third kappa shape index (κ3) is 12.6. The molecule has 0 bridgehead atoms. The molecule has 1 rings (SSSR count). The molecule has 0 radical (unpaired) electrons. The van der Waals surface area contributed by atoms with Crippen LogP contribution in [0.25, 0.3) is 0 Å². The van der Waals surface area contributed by atoms with E-state index in [1.807, 2.05) is 0 Å². The number of hydrogen-bond acceptors (Lipinski definition) is 4. The van der Waals surface area contributed by atoms with Crippen LogP contribution in [0, 0.1) is 35.5 Å². The van der Waals surface area contributed by atoms with Crippen molar-refractivity contribution in [2.45, 2.75) is 131 Å². The van der Waals surface area contributed by atoms with Crippen LogP contribution < -0.4 is 0 Å². The lowest BCUT2D eigenvalue weighted by Gasteiger charge is -2.28. The van der Waals surface area contributed by atoms with E-state index in [1.54, 1.807) is 0 Å². The SMILES string of the molecule is CCCCCCC(C)C(C)COC(=O)C1CCC(C(=O)OCC(C)C(C)CCCCCC)CC1. The van der Waals surface area contributed by atoms with Crippen molar-refractivity contribution in [2.75, 3.05) is 13.2 Å². The van der Waals surface area contributed by atoms with Crippen molar-refractivity contribution < 1.29 is 19.1 Å². The first-order chi connectivity index (χ1) is 16.3. The molecule has 4 heteroatoms. The number of ether oxygens (including phenoxy) is 2. The van der Waals surface area contributed by atoms with Crippen LogP contribution in [0.15, 0.2) is 0 Å². The van der Waals surface area contributed by atoms with Gasteiger partial charge in [-0.05, 0) is 49.4 Å². The lowest BCUT2D eigenvalue weighted by atomic mass is 9.82. The molecule has 0 aromatic rings. The molecule has 34 heavy (non-hydrogen) atoms. The predicted molar refractivity (Wildman–Crippen MR) is 142 cm³/mol. The van der Waals surface area contributed by atoms with E-state index in [2.05, 4.69) is 41.5 Å². The zero-order valence-corrected chi connectivity index (χ0v) is 23.4. The highest BCUT2D eigenvalue weighted by atomic mass is 16.5. The molecule has 1 aliphatic rings. The summed E-state index contributed by atoms with van der Waals surface area (Å²) in [6, 6.07) is 0. The molecule has 0 heterocycles. The van der Waals surface area contributed by atoms with Crippen LogP contribution in [0.5, 0.6) is 0 Å². The molecule has 4 atom stereocenters. The highest BCUT2D eigenvalue weighted by Crippen LogP contribution is 2.31. The molecule has 0 aliphatic heterocycles. The fourth-order valence-corrected chi connectivity index (χ4v) is 4.91. The zero-order chi connectivity index (χ0) is 25.3. The average molecular weight is 481 g/mol. The molecule has 0 N–H and O–H groups in total. The third-order valence-electron chi connectivity index (χ3n) is 8.34. The quantitative estimate of drug-likeness (QED) is 0.146. The Hall–Kier alpha value is -1.06. The van der Waals surface area contributed by atoms with Gasteiger partial charge in [-0.25, -0.2) is 0 Å². The number of carbonyl (C=O) groups is 2. The molecule has 0 amide bonds. The summed E-state index contributed by atoms with van der Waals surface area (Å²) >= 11 is 0. The minimum atomic E-state index is -0.0672. The molecular formula is C30H56O4. The predicted octanol–water partition coefficient (Wildman–Crippen LogP) is 8.36. The Morgan fingerprint density at radius 1 is 0.588 bits per heavy atom. The summed E-state index contributed by atoms with van der Waals surface area (Å²) in [5.41, 5.74) is 0. The van der Waals surface area contributed by atoms with Crippen molar-refractivity contribution in [3.8, 4) is 0 Å². The number of unbranched alkanes of at least 4 members (excludes halogenated alkanes) is 6. The smallest absolute Gasteiger partial charge is 0.308 e. The standard InChI is InChI=1S/C30H56O4/c1-7-9-11-13-15-23(3)25(5)21-33-29(31)27-17-19-28(20-18-27)30(32)34-22-26(6)24(4)16-14-12-10-8-2/h23-28H,7-22H2,1-6H3. The van der Waals surface area contributed by atoms with Gasteiger partial charge in [0.1, 0.15) is 0 Å². The first-order valence-corrected chi connectivity index (χ1v) is 14.6. The largest absolute Gasteiger partial charge is 0.465 e. The Labute approximate surface area is 211 Å². The van der Waals surface area contributed by atoms with E-state index in [9.17, 15) is 9.59 Å². The topological polar surface area (TPSA) is 52.6 Å². The van der Waals surface area contributed by atoms with Gasteiger partial charge in [-0.1, -0.05) is 106 Å². The molecular weight excluding hydrogens is 424 g/mol. The van der Waals surface area contributed by atoms with E-state index in [4.69, 9.17) is 9.47 Å². The Morgan fingerprint density at radius 2 is 0.941 bits per heavy atom. The average Bonchev–Trinajstić information content (AvgIpc) is 2.85. The first kappa shape index (κ1) is 31.0. The summed E-state index contributed by atoms with van der Waals surface area (Å²) < 4.78 is 11.4. The highest BCUT2D eigenvalue weighted by molar-refractivity contribution is 5.75. The molecule has 4 unspecified atom stereocenters. The second-order valence-corrected chi connectivity index (χ2v) is 11.4. The van der Waals surface area contributed by atoms with Crippen LogP contribution in [0.4, 0.5) is 0 Å². The van der Waals surface area contributed by atoms with Gasteiger partial charge in [0.15, 0.2) is 0 Å². The minimum absolute atomic E-state index is 0.0572. The molecule has 1 aliphatic carbocycles. The molecule has 1 fully saturated rings. The Morgan fingerprint density at radius 3 is 1.26 bits per heavy atom. The van der Waals surface area contributed by atoms with Crippen molar-refractivity contribution in [1.29, 1.82) is 0 Å². The van der Waals surface area contributed by atoms with Crippen molar-refractivity contribution in [2.24, 2.45) is 35.5 Å². The van der Waals surface area contributed by atoms with E-state index in [-0.39, 0.29) is 23.8 Å². The van der Waals surface area contributed by atoms with Crippen LogP contribution in [0.2, 0.25) is 0 Å². The maximum Gasteiger partial charge on any atom is 0.308 e. The van der Waals surface area contributed by atoms with Gasteiger partial charge in [0.05, 0.1) is 25.0 Å². The maximum absolute atomic E-state index is 12.6. The van der Waals surface area contributed by atoms with E-state index in [1.165, 1.54) is 64.2 Å². The Balaban J connectivity index is 2.23. The summed E-state index contributed by atoms with van der Waals surface area (Å²) in [5, 5.41) is 0. The van der Waals surface area contributed by atoms with E-state index >= 15 is 0 Å². The second kappa shape index (κ2) is 18.2. The molecule has 0 aromatic heterocycles. The number of hydrogen-bond donors (Lipinski definition) is 0. The van der Waals surface area contributed by atoms with Gasteiger partial charge in [0, 0.05) is 0 Å². The van der Waals surface area contributed by atoms with Crippen molar-refractivity contribution >= 4 is 11.9 Å². The summed E-state index contributed by atoms with van der Waals surface area (Å²) in [6.07, 6.45) is 15.7. The number of esters is 2. The van der Waals surface area contributed by atoms with E-state index < -0.39 is 0 Å². The Bertz CT molecular complexity index is 490. The normalized spacial score (nSPS) is 21.9. The molecule has 200 valence electrons. The first-order valence-electron chi connectivity index (χ1n) is 14.6. The molecule has 0 spiro atoms. The van der Waals surface area contributed by atoms with Crippen molar-refractivity contribution in [3.05, 3.63) is 0 Å². The van der Waals surface area contributed by atoms with Crippen LogP contribution in [0.3, 0.4) is 0 Å². The molecule has 1 saturated carbocycles. The summed E-state index contributed by atoms with van der Waals surface area (Å²) in [6.45, 7) is 14.4. The lowest BCUT2D eigenvalue weighted by molar-refractivity contribution is -0.157. The minimum Gasteiger partial charge on any atom is -0.465 e. The number of rotatable bonds is 18. The molecule has 4 nitrogen and oxygen atoms in total. The van der Waals surface area contributed by atoms with Crippen LogP contribution in [0.1, 0.15) is 131 Å². The molecule has 0 aromatic carbocycles. The zero-order valence-electron chi connectivity index (χ0n) is 23.4. The second-order valence-electron chi connectivity index (χ2n) is 11.4. The van der Waals surface area contributed by atoms with E-state index in [0.717, 1.165) is 25.7 Å². The van der Waals surface area contributed by atoms with Gasteiger partial charge < -0.3 is 9.47 Å². The monoisotopic (exact) mass is 480 g/mol. The van der Waals surface area contributed by atoms with Gasteiger partial charge >= 0.3 is 11.9 Å². The van der Waals surface area contributed by atoms with Crippen LogP contribution in [-0.4, -0.2) is 25.2 Å². The summed E-state index contributed by atoms with van der Waals surface area (Å²) in [5.74, 6) is 1.70. The van der Waals surface area contributed by atoms with E-state index in [0.29, 0.717) is 36.9 Å².